The fraction of sp³-hybridized carbons (Fsp3) is 0.581. The molecule has 1 amide bonds. The molecule has 0 aliphatic heterocycles. The van der Waals surface area contributed by atoms with Crippen molar-refractivity contribution in [2.75, 3.05) is 0 Å². The standard InChI is InChI=1S/C28H41NO2S.C3H8/c1-10-21-12-11-13-23(18(4)5)28(21)31-32-29-27(30)16-26-24(19(6)7)14-22(17(2)3)15-25(26)20(8)9;1-3-2/h11-15,17-20H,10,16H2,1-9H3,(H,29,30);3H2,1-2H3. The van der Waals surface area contributed by atoms with Crippen LogP contribution in [0.25, 0.3) is 0 Å². The molecule has 196 valence electrons. The minimum absolute atomic E-state index is 0.0313. The van der Waals surface area contributed by atoms with Crippen LogP contribution in [-0.4, -0.2) is 5.91 Å². The van der Waals surface area contributed by atoms with Gasteiger partial charge in [-0.1, -0.05) is 113 Å². The summed E-state index contributed by atoms with van der Waals surface area (Å²) < 4.78 is 8.94. The highest BCUT2D eigenvalue weighted by atomic mass is 32.2. The van der Waals surface area contributed by atoms with Crippen molar-refractivity contribution in [1.82, 2.24) is 4.72 Å². The number of aryl methyl sites for hydroxylation is 1. The summed E-state index contributed by atoms with van der Waals surface area (Å²) in [6, 6.07) is 10.8. The van der Waals surface area contributed by atoms with Gasteiger partial charge in [-0.3, -0.25) is 9.52 Å². The number of rotatable bonds is 10. The molecule has 35 heavy (non-hydrogen) atoms. The number of carbonyl (C=O) groups excluding carboxylic acids is 1. The van der Waals surface area contributed by atoms with Crippen molar-refractivity contribution in [2.45, 2.75) is 119 Å². The van der Waals surface area contributed by atoms with E-state index in [1.807, 2.05) is 0 Å². The topological polar surface area (TPSA) is 38.3 Å². The molecule has 2 aromatic rings. The summed E-state index contributed by atoms with van der Waals surface area (Å²) in [5.41, 5.74) is 7.38. The molecule has 0 fully saturated rings. The Kier molecular flexibility index (Phi) is 13.5. The molecule has 0 aliphatic rings. The van der Waals surface area contributed by atoms with E-state index < -0.39 is 0 Å². The largest absolute Gasteiger partial charge is 0.405 e. The fourth-order valence-electron chi connectivity index (χ4n) is 4.05. The summed E-state index contributed by atoms with van der Waals surface area (Å²) in [6.45, 7) is 24.0. The van der Waals surface area contributed by atoms with Crippen LogP contribution in [0, 0.1) is 0 Å². The Hall–Kier alpha value is -1.94. The van der Waals surface area contributed by atoms with E-state index in [0.717, 1.165) is 35.5 Å². The molecule has 3 nitrogen and oxygen atoms in total. The number of carbonyl (C=O) groups is 1. The third-order valence-corrected chi connectivity index (χ3v) is 6.56. The second-order valence-corrected chi connectivity index (χ2v) is 11.1. The molecule has 0 atom stereocenters. The zero-order valence-corrected chi connectivity index (χ0v) is 24.9. The van der Waals surface area contributed by atoms with E-state index in [9.17, 15) is 4.79 Å². The van der Waals surface area contributed by atoms with Crippen LogP contribution in [0.1, 0.15) is 140 Å². The zero-order valence-electron chi connectivity index (χ0n) is 24.0. The van der Waals surface area contributed by atoms with Crippen molar-refractivity contribution in [3.63, 3.8) is 0 Å². The van der Waals surface area contributed by atoms with Gasteiger partial charge in [-0.05, 0) is 63.5 Å². The fourth-order valence-corrected chi connectivity index (χ4v) is 4.55. The van der Waals surface area contributed by atoms with Crippen LogP contribution in [0.15, 0.2) is 30.3 Å². The van der Waals surface area contributed by atoms with Gasteiger partial charge in [0.2, 0.25) is 5.91 Å². The summed E-state index contributed by atoms with van der Waals surface area (Å²) in [7, 11) is 0. The van der Waals surface area contributed by atoms with Gasteiger partial charge in [0.25, 0.3) is 0 Å². The summed E-state index contributed by atoms with van der Waals surface area (Å²) in [6.07, 6.45) is 2.50. The average molecular weight is 500 g/mol. The molecule has 0 aliphatic carbocycles. The van der Waals surface area contributed by atoms with E-state index in [-0.39, 0.29) is 5.91 Å². The molecule has 0 aromatic heterocycles. The molecular weight excluding hydrogens is 450 g/mol. The van der Waals surface area contributed by atoms with Crippen molar-refractivity contribution >= 4 is 18.1 Å². The van der Waals surface area contributed by atoms with Gasteiger partial charge in [0.05, 0.1) is 6.42 Å². The first kappa shape index (κ1) is 31.1. The Balaban J connectivity index is 0.00000194. The SMILES string of the molecule is CCC.CCc1cccc(C(C)C)c1OSNC(=O)Cc1c(C(C)C)cc(C(C)C)cc1C(C)C. The highest BCUT2D eigenvalue weighted by Crippen LogP contribution is 2.34. The van der Waals surface area contributed by atoms with Crippen LogP contribution in [0.5, 0.6) is 5.75 Å². The molecule has 0 heterocycles. The molecule has 0 bridgehead atoms. The van der Waals surface area contributed by atoms with Gasteiger partial charge >= 0.3 is 0 Å². The van der Waals surface area contributed by atoms with E-state index in [1.165, 1.54) is 28.7 Å². The minimum atomic E-state index is -0.0313. The van der Waals surface area contributed by atoms with Crippen LogP contribution >= 0.6 is 12.2 Å². The predicted molar refractivity (Wildman–Crippen MR) is 155 cm³/mol. The van der Waals surface area contributed by atoms with Gasteiger partial charge < -0.3 is 4.18 Å². The number of nitrogens with one attached hydrogen (secondary N) is 1. The Morgan fingerprint density at radius 2 is 1.34 bits per heavy atom. The third kappa shape index (κ3) is 9.22. The Bertz CT molecular complexity index is 903. The maximum atomic E-state index is 12.9. The molecule has 1 N–H and O–H groups in total. The van der Waals surface area contributed by atoms with Gasteiger partial charge in [0.15, 0.2) is 12.2 Å². The molecule has 0 saturated heterocycles. The molecule has 4 heteroatoms. The number of benzene rings is 2. The van der Waals surface area contributed by atoms with E-state index in [1.54, 1.807) is 0 Å². The van der Waals surface area contributed by atoms with Crippen molar-refractivity contribution in [1.29, 1.82) is 0 Å². The van der Waals surface area contributed by atoms with Crippen LogP contribution < -0.4 is 8.91 Å². The molecule has 2 aromatic carbocycles. The zero-order chi connectivity index (χ0) is 26.7. The van der Waals surface area contributed by atoms with E-state index in [2.05, 4.69) is 111 Å². The quantitative estimate of drug-likeness (QED) is 0.261. The number of hydrogen-bond donors (Lipinski definition) is 1. The van der Waals surface area contributed by atoms with E-state index in [4.69, 9.17) is 4.18 Å². The van der Waals surface area contributed by atoms with Crippen molar-refractivity contribution in [3.8, 4) is 5.75 Å². The predicted octanol–water partition coefficient (Wildman–Crippen LogP) is 9.46. The summed E-state index contributed by atoms with van der Waals surface area (Å²) in [5, 5.41) is 0. The molecule has 0 unspecified atom stereocenters. The lowest BCUT2D eigenvalue weighted by atomic mass is 9.83. The lowest BCUT2D eigenvalue weighted by Crippen LogP contribution is -2.22. The van der Waals surface area contributed by atoms with E-state index in [0.29, 0.717) is 30.1 Å². The highest BCUT2D eigenvalue weighted by molar-refractivity contribution is 7.93. The molecular formula is C31H49NO2S. The Morgan fingerprint density at radius 1 is 0.829 bits per heavy atom. The third-order valence-electron chi connectivity index (χ3n) is 6.00. The van der Waals surface area contributed by atoms with Gasteiger partial charge in [-0.15, -0.1) is 0 Å². The smallest absolute Gasteiger partial charge is 0.236 e. The Morgan fingerprint density at radius 3 is 1.77 bits per heavy atom. The highest BCUT2D eigenvalue weighted by Gasteiger charge is 2.20. The molecule has 0 saturated carbocycles. The van der Waals surface area contributed by atoms with Crippen LogP contribution in [-0.2, 0) is 17.6 Å². The van der Waals surface area contributed by atoms with Crippen molar-refractivity contribution in [3.05, 3.63) is 63.7 Å². The first-order valence-corrected chi connectivity index (χ1v) is 14.1. The van der Waals surface area contributed by atoms with Crippen molar-refractivity contribution in [2.24, 2.45) is 0 Å². The van der Waals surface area contributed by atoms with Crippen LogP contribution in [0.2, 0.25) is 0 Å². The monoisotopic (exact) mass is 499 g/mol. The Labute approximate surface area is 220 Å². The summed E-state index contributed by atoms with van der Waals surface area (Å²) in [4.78, 5) is 12.9. The molecule has 0 spiro atoms. The first-order valence-electron chi connectivity index (χ1n) is 13.4. The number of hydrogen-bond acceptors (Lipinski definition) is 3. The molecule has 0 radical (unpaired) electrons. The average Bonchev–Trinajstić information content (AvgIpc) is 2.78. The first-order chi connectivity index (χ1) is 16.5. The second kappa shape index (κ2) is 15.2. The van der Waals surface area contributed by atoms with Gasteiger partial charge in [0.1, 0.15) is 5.75 Å². The summed E-state index contributed by atoms with van der Waals surface area (Å²) >= 11 is 1.03. The maximum Gasteiger partial charge on any atom is 0.236 e. The maximum absolute atomic E-state index is 12.9. The second-order valence-electron chi connectivity index (χ2n) is 10.6. The van der Waals surface area contributed by atoms with Crippen molar-refractivity contribution < 1.29 is 8.98 Å². The number of amides is 1. The van der Waals surface area contributed by atoms with Crippen LogP contribution in [0.3, 0.4) is 0 Å². The lowest BCUT2D eigenvalue weighted by Gasteiger charge is -2.22. The molecule has 2 rings (SSSR count). The van der Waals surface area contributed by atoms with Crippen LogP contribution in [0.4, 0.5) is 0 Å². The minimum Gasteiger partial charge on any atom is -0.405 e. The van der Waals surface area contributed by atoms with Gasteiger partial charge in [-0.2, -0.15) is 0 Å². The van der Waals surface area contributed by atoms with E-state index >= 15 is 0 Å². The lowest BCUT2D eigenvalue weighted by molar-refractivity contribution is -0.118. The number of para-hydroxylation sites is 1. The summed E-state index contributed by atoms with van der Waals surface area (Å²) in [5.74, 6) is 2.39. The van der Waals surface area contributed by atoms with Gasteiger partial charge in [0, 0.05) is 0 Å². The normalized spacial score (nSPS) is 11.2. The van der Waals surface area contributed by atoms with Gasteiger partial charge in [-0.25, -0.2) is 0 Å².